The summed E-state index contributed by atoms with van der Waals surface area (Å²) in [4.78, 5) is 22.9. The zero-order valence-corrected chi connectivity index (χ0v) is 11.0. The minimum atomic E-state index is -0.976. The Hall–Kier alpha value is -2.56. The number of benzene rings is 1. The predicted molar refractivity (Wildman–Crippen MR) is 72.3 cm³/mol. The van der Waals surface area contributed by atoms with Gasteiger partial charge in [0.25, 0.3) is 5.91 Å². The molecule has 5 heteroatoms. The second-order valence-electron chi connectivity index (χ2n) is 4.52. The molecule has 0 saturated carbocycles. The van der Waals surface area contributed by atoms with E-state index in [1.165, 1.54) is 12.3 Å². The third-order valence-corrected chi connectivity index (χ3v) is 2.87. The van der Waals surface area contributed by atoms with E-state index < -0.39 is 17.9 Å². The van der Waals surface area contributed by atoms with Gasteiger partial charge in [0.2, 0.25) is 0 Å². The number of aliphatic carboxylic acids is 1. The van der Waals surface area contributed by atoms with Gasteiger partial charge in [0.15, 0.2) is 5.76 Å². The Bertz CT molecular complexity index is 604. The molecule has 0 aliphatic heterocycles. The zero-order chi connectivity index (χ0) is 14.5. The molecule has 2 aromatic rings. The average molecular weight is 273 g/mol. The molecular weight excluding hydrogens is 258 g/mol. The molecule has 0 radical (unpaired) electrons. The smallest absolute Gasteiger partial charge is 0.305 e. The summed E-state index contributed by atoms with van der Waals surface area (Å²) in [6.07, 6.45) is 1.21. The number of carbonyl (C=O) groups excluding carboxylic acids is 1. The number of hydrogen-bond donors (Lipinski definition) is 2. The van der Waals surface area contributed by atoms with Crippen molar-refractivity contribution in [2.45, 2.75) is 19.4 Å². The SMILES string of the molecule is Cc1cccc(C(CC(=O)O)NC(=O)c2ccco2)c1. The normalized spacial score (nSPS) is 11.8. The maximum atomic E-state index is 12.0. The summed E-state index contributed by atoms with van der Waals surface area (Å²) in [5.74, 6) is -1.24. The molecule has 2 N–H and O–H groups in total. The molecule has 1 unspecified atom stereocenters. The molecule has 104 valence electrons. The van der Waals surface area contributed by atoms with Crippen LogP contribution < -0.4 is 5.32 Å². The summed E-state index contributed by atoms with van der Waals surface area (Å²) in [6, 6.07) is 9.94. The van der Waals surface area contributed by atoms with Gasteiger partial charge in [-0.3, -0.25) is 9.59 Å². The van der Waals surface area contributed by atoms with Gasteiger partial charge in [0.1, 0.15) is 0 Å². The van der Waals surface area contributed by atoms with E-state index >= 15 is 0 Å². The molecule has 1 atom stereocenters. The molecular formula is C15H15NO4. The molecule has 20 heavy (non-hydrogen) atoms. The number of aryl methyl sites for hydroxylation is 1. The van der Waals surface area contributed by atoms with Crippen LogP contribution in [0.5, 0.6) is 0 Å². The summed E-state index contributed by atoms with van der Waals surface area (Å²) < 4.78 is 5.00. The summed E-state index contributed by atoms with van der Waals surface area (Å²) in [5, 5.41) is 11.7. The first-order valence-electron chi connectivity index (χ1n) is 6.19. The highest BCUT2D eigenvalue weighted by Crippen LogP contribution is 2.19. The van der Waals surface area contributed by atoms with Crippen LogP contribution in [0.4, 0.5) is 0 Å². The molecule has 0 spiro atoms. The van der Waals surface area contributed by atoms with Gasteiger partial charge in [-0.25, -0.2) is 0 Å². The number of nitrogens with one attached hydrogen (secondary N) is 1. The van der Waals surface area contributed by atoms with Gasteiger partial charge in [-0.15, -0.1) is 0 Å². The second-order valence-corrected chi connectivity index (χ2v) is 4.52. The van der Waals surface area contributed by atoms with E-state index in [0.717, 1.165) is 11.1 Å². The molecule has 0 saturated heterocycles. The van der Waals surface area contributed by atoms with Gasteiger partial charge in [-0.1, -0.05) is 29.8 Å². The zero-order valence-electron chi connectivity index (χ0n) is 11.0. The average Bonchev–Trinajstić information content (AvgIpc) is 2.91. The minimum Gasteiger partial charge on any atom is -0.481 e. The fraction of sp³-hybridized carbons (Fsp3) is 0.200. The van der Waals surface area contributed by atoms with Crippen LogP contribution in [0.1, 0.15) is 34.1 Å². The van der Waals surface area contributed by atoms with Gasteiger partial charge in [-0.05, 0) is 24.6 Å². The van der Waals surface area contributed by atoms with Crippen molar-refractivity contribution in [3.63, 3.8) is 0 Å². The van der Waals surface area contributed by atoms with Crippen molar-refractivity contribution >= 4 is 11.9 Å². The van der Waals surface area contributed by atoms with Crippen molar-refractivity contribution in [1.29, 1.82) is 0 Å². The Morgan fingerprint density at radius 1 is 1.30 bits per heavy atom. The topological polar surface area (TPSA) is 79.5 Å². The van der Waals surface area contributed by atoms with E-state index in [1.54, 1.807) is 12.1 Å². The standard InChI is InChI=1S/C15H15NO4/c1-10-4-2-5-11(8-10)12(9-14(17)18)16-15(19)13-6-3-7-20-13/h2-8,12H,9H2,1H3,(H,16,19)(H,17,18). The number of rotatable bonds is 5. The quantitative estimate of drug-likeness (QED) is 0.877. The molecule has 0 aliphatic rings. The first-order valence-corrected chi connectivity index (χ1v) is 6.19. The number of hydrogen-bond acceptors (Lipinski definition) is 3. The largest absolute Gasteiger partial charge is 0.481 e. The predicted octanol–water partition coefficient (Wildman–Crippen LogP) is 2.53. The highest BCUT2D eigenvalue weighted by molar-refractivity contribution is 5.91. The molecule has 1 heterocycles. The van der Waals surface area contributed by atoms with E-state index in [1.807, 2.05) is 25.1 Å². The molecule has 1 aromatic carbocycles. The van der Waals surface area contributed by atoms with Gasteiger partial charge >= 0.3 is 5.97 Å². The van der Waals surface area contributed by atoms with Crippen molar-refractivity contribution in [3.8, 4) is 0 Å². The van der Waals surface area contributed by atoms with Crippen molar-refractivity contribution in [1.82, 2.24) is 5.32 Å². The van der Waals surface area contributed by atoms with Crippen LogP contribution in [0.2, 0.25) is 0 Å². The second kappa shape index (κ2) is 6.06. The minimum absolute atomic E-state index is 0.160. The Balaban J connectivity index is 2.20. The monoisotopic (exact) mass is 273 g/mol. The van der Waals surface area contributed by atoms with Gasteiger partial charge in [0, 0.05) is 0 Å². The van der Waals surface area contributed by atoms with E-state index in [2.05, 4.69) is 5.32 Å². The van der Waals surface area contributed by atoms with Crippen molar-refractivity contribution < 1.29 is 19.1 Å². The molecule has 1 amide bonds. The lowest BCUT2D eigenvalue weighted by Crippen LogP contribution is -2.30. The third kappa shape index (κ3) is 3.47. The molecule has 1 aromatic heterocycles. The van der Waals surface area contributed by atoms with E-state index in [-0.39, 0.29) is 12.2 Å². The molecule has 0 bridgehead atoms. The summed E-state index contributed by atoms with van der Waals surface area (Å²) >= 11 is 0. The van der Waals surface area contributed by atoms with Crippen LogP contribution in [0.3, 0.4) is 0 Å². The Morgan fingerprint density at radius 2 is 2.10 bits per heavy atom. The third-order valence-electron chi connectivity index (χ3n) is 2.87. The van der Waals surface area contributed by atoms with Crippen molar-refractivity contribution in [3.05, 3.63) is 59.5 Å². The lowest BCUT2D eigenvalue weighted by Gasteiger charge is -2.17. The summed E-state index contributed by atoms with van der Waals surface area (Å²) in [7, 11) is 0. The van der Waals surface area contributed by atoms with Crippen LogP contribution >= 0.6 is 0 Å². The van der Waals surface area contributed by atoms with Crippen LogP contribution in [0.25, 0.3) is 0 Å². The van der Waals surface area contributed by atoms with Crippen molar-refractivity contribution in [2.24, 2.45) is 0 Å². The van der Waals surface area contributed by atoms with Crippen LogP contribution in [0, 0.1) is 6.92 Å². The van der Waals surface area contributed by atoms with Crippen LogP contribution in [0.15, 0.2) is 47.1 Å². The molecule has 5 nitrogen and oxygen atoms in total. The summed E-state index contributed by atoms with van der Waals surface area (Å²) in [5.41, 5.74) is 1.76. The fourth-order valence-corrected chi connectivity index (χ4v) is 1.95. The Morgan fingerprint density at radius 3 is 2.70 bits per heavy atom. The summed E-state index contributed by atoms with van der Waals surface area (Å²) in [6.45, 7) is 1.91. The first-order chi connectivity index (χ1) is 9.56. The van der Waals surface area contributed by atoms with Gasteiger partial charge in [-0.2, -0.15) is 0 Å². The maximum Gasteiger partial charge on any atom is 0.305 e. The van der Waals surface area contributed by atoms with E-state index in [0.29, 0.717) is 0 Å². The van der Waals surface area contributed by atoms with Crippen LogP contribution in [-0.2, 0) is 4.79 Å². The number of carboxylic acids is 1. The van der Waals surface area contributed by atoms with E-state index in [4.69, 9.17) is 9.52 Å². The highest BCUT2D eigenvalue weighted by atomic mass is 16.4. The van der Waals surface area contributed by atoms with E-state index in [9.17, 15) is 9.59 Å². The van der Waals surface area contributed by atoms with Gasteiger partial charge in [0.05, 0.1) is 18.7 Å². The highest BCUT2D eigenvalue weighted by Gasteiger charge is 2.20. The molecule has 0 aliphatic carbocycles. The number of carboxylic acid groups (broad SMARTS) is 1. The van der Waals surface area contributed by atoms with Crippen molar-refractivity contribution in [2.75, 3.05) is 0 Å². The van der Waals surface area contributed by atoms with Gasteiger partial charge < -0.3 is 14.8 Å². The molecule has 0 fully saturated rings. The Labute approximate surface area is 116 Å². The lowest BCUT2D eigenvalue weighted by molar-refractivity contribution is -0.137. The lowest BCUT2D eigenvalue weighted by atomic mass is 10.0. The fourth-order valence-electron chi connectivity index (χ4n) is 1.95. The number of furan rings is 1. The van der Waals surface area contributed by atoms with Crippen LogP contribution in [-0.4, -0.2) is 17.0 Å². The molecule has 2 rings (SSSR count). The maximum absolute atomic E-state index is 12.0. The Kier molecular flexibility index (Phi) is 4.20. The first kappa shape index (κ1) is 13.9. The number of carbonyl (C=O) groups is 2. The number of amides is 1.